The van der Waals surface area contributed by atoms with E-state index < -0.39 is 6.10 Å². The molecule has 3 aromatic rings. The average Bonchev–Trinajstić information content (AvgIpc) is 2.82. The third-order valence-corrected chi connectivity index (χ3v) is 6.03. The van der Waals surface area contributed by atoms with E-state index in [4.69, 9.17) is 16.3 Å². The van der Waals surface area contributed by atoms with E-state index in [1.54, 1.807) is 30.5 Å². The van der Waals surface area contributed by atoms with Crippen molar-refractivity contribution in [1.29, 1.82) is 0 Å². The summed E-state index contributed by atoms with van der Waals surface area (Å²) in [5.74, 6) is -0.331. The fraction of sp³-hybridized carbons (Fsp3) is 0.280. The molecule has 0 unspecified atom stereocenters. The molecule has 0 aliphatic heterocycles. The minimum Gasteiger partial charge on any atom is -0.465 e. The van der Waals surface area contributed by atoms with Crippen LogP contribution in [0.3, 0.4) is 0 Å². The Morgan fingerprint density at radius 3 is 2.65 bits per heavy atom. The lowest BCUT2D eigenvalue weighted by Crippen LogP contribution is -2.37. The lowest BCUT2D eigenvalue weighted by molar-refractivity contribution is 0.0600. The van der Waals surface area contributed by atoms with Crippen LogP contribution in [-0.4, -0.2) is 35.8 Å². The van der Waals surface area contributed by atoms with Crippen molar-refractivity contribution in [2.75, 3.05) is 13.7 Å². The summed E-state index contributed by atoms with van der Waals surface area (Å²) < 4.78 is 4.77. The number of hydrogen-bond donors (Lipinski definition) is 2. The van der Waals surface area contributed by atoms with Crippen molar-refractivity contribution >= 4 is 17.6 Å². The Morgan fingerprint density at radius 1 is 1.16 bits per heavy atom. The van der Waals surface area contributed by atoms with Crippen LogP contribution >= 0.6 is 11.6 Å². The highest BCUT2D eigenvalue weighted by atomic mass is 35.5. The molecule has 0 amide bonds. The summed E-state index contributed by atoms with van der Waals surface area (Å²) in [7, 11) is 1.38. The van der Waals surface area contributed by atoms with Gasteiger partial charge in [0.1, 0.15) is 5.15 Å². The number of halogens is 1. The van der Waals surface area contributed by atoms with Crippen molar-refractivity contribution < 1.29 is 14.6 Å². The number of hydrogen-bond acceptors (Lipinski definition) is 5. The van der Waals surface area contributed by atoms with Gasteiger partial charge in [-0.1, -0.05) is 48.0 Å². The summed E-state index contributed by atoms with van der Waals surface area (Å²) in [5.41, 5.74) is 6.18. The van der Waals surface area contributed by atoms with Gasteiger partial charge >= 0.3 is 5.97 Å². The first-order valence-corrected chi connectivity index (χ1v) is 10.7. The molecule has 6 heteroatoms. The molecule has 160 valence electrons. The molecule has 0 radical (unpaired) electrons. The SMILES string of the molecule is COC(=O)c1ccc(-c2ccc3c(c2)C[C@@H](NC[C@@H](O)c2ccc(Cl)nc2)CC3)cc1. The van der Waals surface area contributed by atoms with Gasteiger partial charge in [-0.3, -0.25) is 0 Å². The van der Waals surface area contributed by atoms with Gasteiger partial charge in [0.2, 0.25) is 0 Å². The summed E-state index contributed by atoms with van der Waals surface area (Å²) >= 11 is 5.82. The van der Waals surface area contributed by atoms with E-state index in [1.807, 2.05) is 12.1 Å². The Bertz CT molecular complexity index is 1050. The Balaban J connectivity index is 1.41. The maximum absolute atomic E-state index is 11.6. The molecule has 4 rings (SSSR count). The molecular formula is C25H25ClN2O3. The van der Waals surface area contributed by atoms with Gasteiger partial charge in [0.05, 0.1) is 18.8 Å². The second-order valence-corrected chi connectivity index (χ2v) is 8.22. The second-order valence-electron chi connectivity index (χ2n) is 7.83. The standard InChI is InChI=1S/C25H25ClN2O3/c1-31-25(30)18-5-2-16(3-6-18)19-7-4-17-8-10-22(13-21(17)12-19)27-15-23(29)20-9-11-24(26)28-14-20/h2-7,9,11-12,14,22-23,27,29H,8,10,13,15H2,1H3/t22-,23+/m0/s1. The van der Waals surface area contributed by atoms with Crippen LogP contribution in [0.1, 0.15) is 39.6 Å². The molecule has 2 N–H and O–H groups in total. The molecule has 31 heavy (non-hydrogen) atoms. The molecule has 0 fully saturated rings. The number of aliphatic hydroxyl groups excluding tert-OH is 1. The number of esters is 1. The fourth-order valence-corrected chi connectivity index (χ4v) is 4.12. The van der Waals surface area contributed by atoms with Gasteiger partial charge in [0.15, 0.2) is 0 Å². The van der Waals surface area contributed by atoms with Crippen LogP contribution < -0.4 is 5.32 Å². The summed E-state index contributed by atoms with van der Waals surface area (Å²) in [6, 6.07) is 17.8. The Hall–Kier alpha value is -2.73. The van der Waals surface area contributed by atoms with Crippen LogP contribution in [0, 0.1) is 0 Å². The first-order valence-electron chi connectivity index (χ1n) is 10.4. The maximum Gasteiger partial charge on any atom is 0.337 e. The highest BCUT2D eigenvalue weighted by molar-refractivity contribution is 6.29. The van der Waals surface area contributed by atoms with Crippen LogP contribution in [0.25, 0.3) is 11.1 Å². The molecule has 0 saturated heterocycles. The Labute approximate surface area is 187 Å². The van der Waals surface area contributed by atoms with Crippen molar-refractivity contribution in [3.63, 3.8) is 0 Å². The van der Waals surface area contributed by atoms with E-state index in [2.05, 4.69) is 28.5 Å². The molecule has 0 saturated carbocycles. The van der Waals surface area contributed by atoms with Gasteiger partial charge in [0, 0.05) is 24.3 Å². The monoisotopic (exact) mass is 436 g/mol. The largest absolute Gasteiger partial charge is 0.465 e. The maximum atomic E-state index is 11.6. The van der Waals surface area contributed by atoms with E-state index >= 15 is 0 Å². The van der Waals surface area contributed by atoms with Gasteiger partial charge in [-0.2, -0.15) is 0 Å². The van der Waals surface area contributed by atoms with Crippen LogP contribution in [0.2, 0.25) is 5.15 Å². The summed E-state index contributed by atoms with van der Waals surface area (Å²) in [6.45, 7) is 0.470. The normalized spacial score (nSPS) is 16.4. The zero-order chi connectivity index (χ0) is 21.8. The highest BCUT2D eigenvalue weighted by Gasteiger charge is 2.20. The van der Waals surface area contributed by atoms with Gasteiger partial charge in [0.25, 0.3) is 0 Å². The van der Waals surface area contributed by atoms with Gasteiger partial charge in [-0.15, -0.1) is 0 Å². The highest BCUT2D eigenvalue weighted by Crippen LogP contribution is 2.28. The smallest absolute Gasteiger partial charge is 0.337 e. The number of nitrogens with one attached hydrogen (secondary N) is 1. The fourth-order valence-electron chi connectivity index (χ4n) is 4.01. The molecule has 1 aliphatic rings. The minimum atomic E-state index is -0.620. The predicted molar refractivity (Wildman–Crippen MR) is 121 cm³/mol. The van der Waals surface area contributed by atoms with Crippen molar-refractivity contribution in [2.45, 2.75) is 31.4 Å². The number of carbonyl (C=O) groups is 1. The minimum absolute atomic E-state index is 0.305. The molecule has 1 heterocycles. The Morgan fingerprint density at radius 2 is 1.94 bits per heavy atom. The van der Waals surface area contributed by atoms with Crippen molar-refractivity contribution in [3.05, 3.63) is 88.2 Å². The third kappa shape index (κ3) is 5.13. The topological polar surface area (TPSA) is 71.5 Å². The van der Waals surface area contributed by atoms with Crippen LogP contribution in [0.5, 0.6) is 0 Å². The van der Waals surface area contributed by atoms with E-state index in [1.165, 1.54) is 18.2 Å². The van der Waals surface area contributed by atoms with E-state index in [-0.39, 0.29) is 5.97 Å². The van der Waals surface area contributed by atoms with Gasteiger partial charge < -0.3 is 15.2 Å². The zero-order valence-electron chi connectivity index (χ0n) is 17.3. The number of pyridine rings is 1. The van der Waals surface area contributed by atoms with E-state index in [9.17, 15) is 9.90 Å². The zero-order valence-corrected chi connectivity index (χ0v) is 18.1. The van der Waals surface area contributed by atoms with Gasteiger partial charge in [-0.25, -0.2) is 9.78 Å². The number of aryl methyl sites for hydroxylation is 1. The number of aromatic nitrogens is 1. The average molecular weight is 437 g/mol. The molecule has 0 bridgehead atoms. The lowest BCUT2D eigenvalue weighted by Gasteiger charge is -2.27. The number of methoxy groups -OCH3 is 1. The summed E-state index contributed by atoms with van der Waals surface area (Å²) in [5, 5.41) is 14.3. The second kappa shape index (κ2) is 9.60. The number of ether oxygens (including phenoxy) is 1. The Kier molecular flexibility index (Phi) is 6.66. The predicted octanol–water partition coefficient (Wildman–Crippen LogP) is 4.37. The van der Waals surface area contributed by atoms with Crippen molar-refractivity contribution in [3.8, 4) is 11.1 Å². The van der Waals surface area contributed by atoms with Crippen LogP contribution in [-0.2, 0) is 17.6 Å². The van der Waals surface area contributed by atoms with Crippen molar-refractivity contribution in [2.24, 2.45) is 0 Å². The molecule has 0 spiro atoms. The summed E-state index contributed by atoms with van der Waals surface area (Å²) in [6.07, 6.45) is 3.95. The molecule has 2 aromatic carbocycles. The number of rotatable bonds is 6. The van der Waals surface area contributed by atoms with Gasteiger partial charge in [-0.05, 0) is 59.7 Å². The quantitative estimate of drug-likeness (QED) is 0.443. The first-order chi connectivity index (χ1) is 15.0. The third-order valence-electron chi connectivity index (χ3n) is 5.81. The van der Waals surface area contributed by atoms with E-state index in [0.717, 1.165) is 36.0 Å². The molecular weight excluding hydrogens is 412 g/mol. The van der Waals surface area contributed by atoms with Crippen LogP contribution in [0.4, 0.5) is 0 Å². The first kappa shape index (κ1) is 21.5. The number of benzene rings is 2. The van der Waals surface area contributed by atoms with Crippen molar-refractivity contribution in [1.82, 2.24) is 10.3 Å². The molecule has 5 nitrogen and oxygen atoms in total. The number of nitrogens with zero attached hydrogens (tertiary/aromatic N) is 1. The number of aliphatic hydroxyl groups is 1. The number of carbonyl (C=O) groups excluding carboxylic acids is 1. The lowest BCUT2D eigenvalue weighted by atomic mass is 9.86. The molecule has 1 aromatic heterocycles. The van der Waals surface area contributed by atoms with E-state index in [0.29, 0.717) is 23.3 Å². The van der Waals surface area contributed by atoms with Crippen LogP contribution in [0.15, 0.2) is 60.8 Å². The molecule has 2 atom stereocenters. The summed E-state index contributed by atoms with van der Waals surface area (Å²) in [4.78, 5) is 15.7. The number of fused-ring (bicyclic) bond motifs is 1. The molecule has 1 aliphatic carbocycles.